The summed E-state index contributed by atoms with van der Waals surface area (Å²) in [5.41, 5.74) is 2.15. The molecule has 9 heteroatoms. The molecule has 0 unspecified atom stereocenters. The average Bonchev–Trinajstić information content (AvgIpc) is 3.11. The van der Waals surface area contributed by atoms with Gasteiger partial charge in [-0.2, -0.15) is 8.75 Å². The van der Waals surface area contributed by atoms with Crippen molar-refractivity contribution in [1.29, 1.82) is 0 Å². The Bertz CT molecular complexity index is 893. The van der Waals surface area contributed by atoms with Crippen molar-refractivity contribution in [3.63, 3.8) is 0 Å². The van der Waals surface area contributed by atoms with Crippen molar-refractivity contribution < 1.29 is 13.9 Å². The van der Waals surface area contributed by atoms with Crippen LogP contribution in [0.5, 0.6) is 6.01 Å². The van der Waals surface area contributed by atoms with Crippen molar-refractivity contribution in [2.45, 2.75) is 18.9 Å². The average molecular weight is 359 g/mol. The van der Waals surface area contributed by atoms with Crippen LogP contribution < -0.4 is 4.74 Å². The Kier molecular flexibility index (Phi) is 4.22. The van der Waals surface area contributed by atoms with Crippen LogP contribution in [0.15, 0.2) is 30.6 Å². The number of nitrogens with zero attached hydrogens (tertiary/aromatic N) is 5. The normalized spacial score (nSPS) is 15.5. The third kappa shape index (κ3) is 3.41. The van der Waals surface area contributed by atoms with Crippen molar-refractivity contribution in [2.24, 2.45) is 0 Å². The van der Waals surface area contributed by atoms with Crippen LogP contribution in [0, 0.1) is 5.82 Å². The zero-order valence-corrected chi connectivity index (χ0v) is 13.9. The Morgan fingerprint density at radius 1 is 1.16 bits per heavy atom. The monoisotopic (exact) mass is 359 g/mol. The highest BCUT2D eigenvalue weighted by atomic mass is 32.1. The molecule has 1 aliphatic heterocycles. The fourth-order valence-corrected chi connectivity index (χ4v) is 3.30. The summed E-state index contributed by atoms with van der Waals surface area (Å²) in [7, 11) is 0. The SMILES string of the molecule is O=C(c1ccc2nsnc2c1)N1CCC(Oc2ncc(F)cn2)CC1. The molecule has 0 spiro atoms. The fraction of sp³-hybridized carbons (Fsp3) is 0.312. The Morgan fingerprint density at radius 2 is 1.88 bits per heavy atom. The second kappa shape index (κ2) is 6.67. The molecule has 25 heavy (non-hydrogen) atoms. The zero-order valence-electron chi connectivity index (χ0n) is 13.1. The number of carbonyl (C=O) groups is 1. The van der Waals surface area contributed by atoms with E-state index in [1.165, 1.54) is 0 Å². The van der Waals surface area contributed by atoms with Gasteiger partial charge in [-0.15, -0.1) is 0 Å². The lowest BCUT2D eigenvalue weighted by Crippen LogP contribution is -2.41. The molecule has 3 heterocycles. The molecule has 0 bridgehead atoms. The predicted octanol–water partition coefficient (Wildman–Crippen LogP) is 2.30. The number of hydrogen-bond acceptors (Lipinski definition) is 7. The molecule has 128 valence electrons. The summed E-state index contributed by atoms with van der Waals surface area (Å²) in [4.78, 5) is 22.0. The summed E-state index contributed by atoms with van der Waals surface area (Å²) in [6.45, 7) is 1.16. The Labute approximate surface area is 146 Å². The second-order valence-corrected chi connectivity index (χ2v) is 6.29. The first kappa shape index (κ1) is 15.8. The molecular weight excluding hydrogens is 345 g/mol. The van der Waals surface area contributed by atoms with Gasteiger partial charge in [-0.1, -0.05) is 0 Å². The topological polar surface area (TPSA) is 81.1 Å². The molecule has 1 saturated heterocycles. The quantitative estimate of drug-likeness (QED) is 0.714. The first-order chi connectivity index (χ1) is 12.2. The van der Waals surface area contributed by atoms with Gasteiger partial charge in [0.1, 0.15) is 17.1 Å². The Hall–Kier alpha value is -2.68. The zero-order chi connectivity index (χ0) is 17.2. The van der Waals surface area contributed by atoms with E-state index in [1.807, 2.05) is 6.07 Å². The van der Waals surface area contributed by atoms with Gasteiger partial charge in [0.15, 0.2) is 5.82 Å². The number of rotatable bonds is 3. The Balaban J connectivity index is 1.37. The third-order valence-corrected chi connectivity index (χ3v) is 4.66. The summed E-state index contributed by atoms with van der Waals surface area (Å²) < 4.78 is 26.8. The molecule has 0 saturated carbocycles. The molecule has 1 aliphatic rings. The maximum Gasteiger partial charge on any atom is 0.316 e. The van der Waals surface area contributed by atoms with Crippen LogP contribution in [0.4, 0.5) is 4.39 Å². The van der Waals surface area contributed by atoms with Gasteiger partial charge in [0, 0.05) is 31.5 Å². The smallest absolute Gasteiger partial charge is 0.316 e. The van der Waals surface area contributed by atoms with E-state index in [2.05, 4.69) is 18.7 Å². The lowest BCUT2D eigenvalue weighted by Gasteiger charge is -2.31. The minimum atomic E-state index is -0.500. The molecule has 3 aromatic rings. The van der Waals surface area contributed by atoms with Gasteiger partial charge >= 0.3 is 6.01 Å². The van der Waals surface area contributed by atoms with Crippen LogP contribution in [0.2, 0.25) is 0 Å². The van der Waals surface area contributed by atoms with E-state index in [9.17, 15) is 9.18 Å². The molecule has 1 amide bonds. The van der Waals surface area contributed by atoms with Crippen molar-refractivity contribution in [3.8, 4) is 6.01 Å². The largest absolute Gasteiger partial charge is 0.460 e. The van der Waals surface area contributed by atoms with Gasteiger partial charge in [0.05, 0.1) is 24.1 Å². The van der Waals surface area contributed by atoms with Crippen LogP contribution in [0.3, 0.4) is 0 Å². The van der Waals surface area contributed by atoms with Crippen LogP contribution in [0.25, 0.3) is 11.0 Å². The van der Waals surface area contributed by atoms with Gasteiger partial charge in [-0.3, -0.25) is 4.79 Å². The molecule has 4 rings (SSSR count). The maximum absolute atomic E-state index is 12.8. The molecule has 2 aromatic heterocycles. The van der Waals surface area contributed by atoms with Crippen molar-refractivity contribution in [3.05, 3.63) is 42.0 Å². The van der Waals surface area contributed by atoms with E-state index in [0.717, 1.165) is 35.2 Å². The fourth-order valence-electron chi connectivity index (χ4n) is 2.78. The van der Waals surface area contributed by atoms with Crippen LogP contribution in [-0.4, -0.2) is 48.7 Å². The standard InChI is InChI=1S/C16H14FN5O2S/c17-11-8-18-16(19-9-11)24-12-3-5-22(6-4-12)15(23)10-1-2-13-14(7-10)21-25-20-13/h1-2,7-9,12H,3-6H2. The number of carbonyl (C=O) groups excluding carboxylic acids is 1. The van der Waals surface area contributed by atoms with E-state index in [4.69, 9.17) is 4.74 Å². The molecular formula is C16H14FN5O2S. The first-order valence-corrected chi connectivity index (χ1v) is 8.58. The molecule has 0 N–H and O–H groups in total. The van der Waals surface area contributed by atoms with Gasteiger partial charge in [0.25, 0.3) is 5.91 Å². The maximum atomic E-state index is 12.8. The minimum absolute atomic E-state index is 0.0219. The minimum Gasteiger partial charge on any atom is -0.460 e. The van der Waals surface area contributed by atoms with Crippen molar-refractivity contribution >= 4 is 28.7 Å². The lowest BCUT2D eigenvalue weighted by molar-refractivity contribution is 0.0578. The molecule has 1 aromatic carbocycles. The van der Waals surface area contributed by atoms with E-state index >= 15 is 0 Å². The number of fused-ring (bicyclic) bond motifs is 1. The molecule has 0 atom stereocenters. The molecule has 1 fully saturated rings. The number of halogens is 1. The van der Waals surface area contributed by atoms with Crippen LogP contribution in [0.1, 0.15) is 23.2 Å². The molecule has 7 nitrogen and oxygen atoms in total. The highest BCUT2D eigenvalue weighted by Crippen LogP contribution is 2.20. The number of ether oxygens (including phenoxy) is 1. The number of likely N-dealkylation sites (tertiary alicyclic amines) is 1. The third-order valence-electron chi connectivity index (χ3n) is 4.10. The number of piperidine rings is 1. The molecule has 0 aliphatic carbocycles. The van der Waals surface area contributed by atoms with Crippen LogP contribution in [-0.2, 0) is 0 Å². The van der Waals surface area contributed by atoms with Crippen molar-refractivity contribution in [1.82, 2.24) is 23.6 Å². The number of benzene rings is 1. The summed E-state index contributed by atoms with van der Waals surface area (Å²) in [5.74, 6) is -0.522. The predicted molar refractivity (Wildman–Crippen MR) is 89.0 cm³/mol. The van der Waals surface area contributed by atoms with E-state index in [1.54, 1.807) is 17.0 Å². The van der Waals surface area contributed by atoms with E-state index in [0.29, 0.717) is 31.5 Å². The van der Waals surface area contributed by atoms with Gasteiger partial charge in [-0.05, 0) is 18.2 Å². The first-order valence-electron chi connectivity index (χ1n) is 7.85. The summed E-state index contributed by atoms with van der Waals surface area (Å²) in [5, 5.41) is 0. The number of aromatic nitrogens is 4. The van der Waals surface area contributed by atoms with Crippen LogP contribution >= 0.6 is 11.7 Å². The lowest BCUT2D eigenvalue weighted by atomic mass is 10.1. The summed E-state index contributed by atoms with van der Waals surface area (Å²) >= 11 is 1.13. The highest BCUT2D eigenvalue weighted by molar-refractivity contribution is 7.00. The van der Waals surface area contributed by atoms with Gasteiger partial charge in [0.2, 0.25) is 0 Å². The van der Waals surface area contributed by atoms with E-state index in [-0.39, 0.29) is 18.0 Å². The number of amides is 1. The summed E-state index contributed by atoms with van der Waals surface area (Å²) in [6, 6.07) is 5.53. The van der Waals surface area contributed by atoms with Crippen molar-refractivity contribution in [2.75, 3.05) is 13.1 Å². The molecule has 0 radical (unpaired) electrons. The van der Waals surface area contributed by atoms with Gasteiger partial charge < -0.3 is 9.64 Å². The Morgan fingerprint density at radius 3 is 2.64 bits per heavy atom. The highest BCUT2D eigenvalue weighted by Gasteiger charge is 2.25. The summed E-state index contributed by atoms with van der Waals surface area (Å²) in [6.07, 6.45) is 3.41. The number of hydrogen-bond donors (Lipinski definition) is 0. The van der Waals surface area contributed by atoms with Gasteiger partial charge in [-0.25, -0.2) is 14.4 Å². The van der Waals surface area contributed by atoms with E-state index < -0.39 is 5.82 Å². The second-order valence-electron chi connectivity index (χ2n) is 5.76.